The Labute approximate surface area is 114 Å². The monoisotopic (exact) mass is 308 g/mol. The summed E-state index contributed by atoms with van der Waals surface area (Å²) >= 11 is 3.36. The van der Waals surface area contributed by atoms with Crippen molar-refractivity contribution >= 4 is 33.4 Å². The highest BCUT2D eigenvalue weighted by Gasteiger charge is 2.03. The third-order valence-corrected chi connectivity index (χ3v) is 2.77. The molecule has 5 nitrogen and oxygen atoms in total. The van der Waals surface area contributed by atoms with Crippen molar-refractivity contribution in [3.63, 3.8) is 0 Å². The highest BCUT2D eigenvalue weighted by Crippen LogP contribution is 2.24. The lowest BCUT2D eigenvalue weighted by Gasteiger charge is -2.08. The van der Waals surface area contributed by atoms with Crippen LogP contribution in [0.25, 0.3) is 0 Å². The van der Waals surface area contributed by atoms with Gasteiger partial charge in [0.25, 0.3) is 0 Å². The highest BCUT2D eigenvalue weighted by molar-refractivity contribution is 9.10. The topological polar surface area (TPSA) is 73.1 Å². The van der Waals surface area contributed by atoms with Crippen molar-refractivity contribution in [2.45, 2.75) is 6.92 Å². The molecular weight excluding hydrogens is 296 g/mol. The zero-order chi connectivity index (χ0) is 13.0. The molecule has 0 aliphatic carbocycles. The van der Waals surface area contributed by atoms with Crippen LogP contribution in [0, 0.1) is 0 Å². The van der Waals surface area contributed by atoms with Gasteiger partial charge in [-0.15, -0.1) is 0 Å². The van der Waals surface area contributed by atoms with E-state index in [-0.39, 0.29) is 5.95 Å². The Bertz CT molecular complexity index is 530. The van der Waals surface area contributed by atoms with Crippen molar-refractivity contribution in [1.29, 1.82) is 0 Å². The maximum atomic E-state index is 5.54. The van der Waals surface area contributed by atoms with Gasteiger partial charge < -0.3 is 15.8 Å². The van der Waals surface area contributed by atoms with Crippen LogP contribution >= 0.6 is 15.9 Å². The zero-order valence-corrected chi connectivity index (χ0v) is 11.4. The number of nitrogens with two attached hydrogens (primary N) is 1. The molecule has 6 heteroatoms. The van der Waals surface area contributed by atoms with E-state index in [4.69, 9.17) is 10.5 Å². The Balaban J connectivity index is 2.15. The Morgan fingerprint density at radius 1 is 1.33 bits per heavy atom. The largest absolute Gasteiger partial charge is 0.494 e. The van der Waals surface area contributed by atoms with E-state index < -0.39 is 0 Å². The van der Waals surface area contributed by atoms with Gasteiger partial charge in [0.05, 0.1) is 11.1 Å². The molecule has 0 atom stereocenters. The molecule has 2 rings (SSSR count). The second-order valence-corrected chi connectivity index (χ2v) is 4.36. The zero-order valence-electron chi connectivity index (χ0n) is 9.85. The highest BCUT2D eigenvalue weighted by atomic mass is 79.9. The Morgan fingerprint density at radius 2 is 2.06 bits per heavy atom. The van der Waals surface area contributed by atoms with Crippen LogP contribution in [0.15, 0.2) is 34.9 Å². The van der Waals surface area contributed by atoms with Crippen molar-refractivity contribution in [3.8, 4) is 5.75 Å². The second-order valence-electron chi connectivity index (χ2n) is 3.51. The normalized spacial score (nSPS) is 10.1. The number of rotatable bonds is 4. The van der Waals surface area contributed by atoms with E-state index in [9.17, 15) is 0 Å². The average molecular weight is 309 g/mol. The molecular formula is C12H13BrN4O. The van der Waals surface area contributed by atoms with Gasteiger partial charge in [-0.25, -0.2) is 4.98 Å². The summed E-state index contributed by atoms with van der Waals surface area (Å²) in [6.45, 7) is 2.60. The van der Waals surface area contributed by atoms with E-state index in [2.05, 4.69) is 31.2 Å². The van der Waals surface area contributed by atoms with Gasteiger partial charge in [0.15, 0.2) is 0 Å². The average Bonchev–Trinajstić information content (AvgIpc) is 2.37. The first-order valence-electron chi connectivity index (χ1n) is 5.47. The summed E-state index contributed by atoms with van der Waals surface area (Å²) in [6.07, 6.45) is 1.61. The van der Waals surface area contributed by atoms with Gasteiger partial charge in [0.2, 0.25) is 5.95 Å². The van der Waals surface area contributed by atoms with Crippen LogP contribution < -0.4 is 15.8 Å². The predicted octanol–water partition coefficient (Wildman–Crippen LogP) is 2.96. The minimum absolute atomic E-state index is 0.228. The standard InChI is InChI=1S/C12H13BrN4O/c1-2-18-9-5-3-8(4-6-9)16-11-10(13)7-15-12(14)17-11/h3-7H,2H2,1H3,(H3,14,15,16,17). The summed E-state index contributed by atoms with van der Waals surface area (Å²) in [5, 5.41) is 3.15. The third-order valence-electron chi connectivity index (χ3n) is 2.19. The van der Waals surface area contributed by atoms with Crippen LogP contribution in [0.1, 0.15) is 6.92 Å². The molecule has 0 radical (unpaired) electrons. The quantitative estimate of drug-likeness (QED) is 0.908. The molecule has 0 aliphatic rings. The molecule has 0 saturated heterocycles. The molecule has 1 aromatic heterocycles. The minimum atomic E-state index is 0.228. The predicted molar refractivity (Wildman–Crippen MR) is 75.0 cm³/mol. The van der Waals surface area contributed by atoms with E-state index in [0.29, 0.717) is 12.4 Å². The van der Waals surface area contributed by atoms with Gasteiger partial charge in [0, 0.05) is 11.9 Å². The van der Waals surface area contributed by atoms with E-state index in [1.165, 1.54) is 0 Å². The SMILES string of the molecule is CCOc1ccc(Nc2nc(N)ncc2Br)cc1. The van der Waals surface area contributed by atoms with Crippen LogP contribution in [0.3, 0.4) is 0 Å². The first kappa shape index (κ1) is 12.6. The van der Waals surface area contributed by atoms with Gasteiger partial charge in [0.1, 0.15) is 11.6 Å². The van der Waals surface area contributed by atoms with E-state index in [0.717, 1.165) is 15.9 Å². The fraction of sp³-hybridized carbons (Fsp3) is 0.167. The van der Waals surface area contributed by atoms with Crippen molar-refractivity contribution in [2.75, 3.05) is 17.7 Å². The number of halogens is 1. The summed E-state index contributed by atoms with van der Waals surface area (Å²) < 4.78 is 6.13. The minimum Gasteiger partial charge on any atom is -0.494 e. The number of benzene rings is 1. The Kier molecular flexibility index (Phi) is 3.99. The van der Waals surface area contributed by atoms with E-state index in [1.54, 1.807) is 6.20 Å². The molecule has 18 heavy (non-hydrogen) atoms. The van der Waals surface area contributed by atoms with Crippen molar-refractivity contribution in [2.24, 2.45) is 0 Å². The Hall–Kier alpha value is -1.82. The molecule has 0 saturated carbocycles. The van der Waals surface area contributed by atoms with Crippen molar-refractivity contribution in [1.82, 2.24) is 9.97 Å². The molecule has 0 aliphatic heterocycles. The molecule has 1 aromatic carbocycles. The summed E-state index contributed by atoms with van der Waals surface area (Å²) in [5.41, 5.74) is 6.44. The van der Waals surface area contributed by atoms with Crippen LogP contribution in [0.4, 0.5) is 17.5 Å². The van der Waals surface area contributed by atoms with E-state index in [1.807, 2.05) is 31.2 Å². The maximum absolute atomic E-state index is 5.54. The fourth-order valence-electron chi connectivity index (χ4n) is 1.41. The summed E-state index contributed by atoms with van der Waals surface area (Å²) in [7, 11) is 0. The van der Waals surface area contributed by atoms with Gasteiger partial charge in [-0.2, -0.15) is 4.98 Å². The molecule has 0 spiro atoms. The van der Waals surface area contributed by atoms with Crippen molar-refractivity contribution < 1.29 is 4.74 Å². The lowest BCUT2D eigenvalue weighted by molar-refractivity contribution is 0.340. The molecule has 2 aromatic rings. The summed E-state index contributed by atoms with van der Waals surface area (Å²) in [4.78, 5) is 7.98. The molecule has 3 N–H and O–H groups in total. The smallest absolute Gasteiger partial charge is 0.222 e. The lowest BCUT2D eigenvalue weighted by atomic mass is 10.3. The van der Waals surface area contributed by atoms with Crippen molar-refractivity contribution in [3.05, 3.63) is 34.9 Å². The molecule has 0 bridgehead atoms. The summed E-state index contributed by atoms with van der Waals surface area (Å²) in [5.74, 6) is 1.70. The molecule has 1 heterocycles. The number of nitrogens with one attached hydrogen (secondary N) is 1. The van der Waals surface area contributed by atoms with Gasteiger partial charge in [-0.05, 0) is 47.1 Å². The number of hydrogen-bond donors (Lipinski definition) is 2. The number of anilines is 3. The Morgan fingerprint density at radius 3 is 2.72 bits per heavy atom. The van der Waals surface area contributed by atoms with Crippen LogP contribution in [-0.2, 0) is 0 Å². The van der Waals surface area contributed by atoms with Gasteiger partial charge >= 0.3 is 0 Å². The van der Waals surface area contributed by atoms with Crippen LogP contribution in [0.2, 0.25) is 0 Å². The first-order chi connectivity index (χ1) is 8.69. The van der Waals surface area contributed by atoms with Gasteiger partial charge in [-0.3, -0.25) is 0 Å². The number of ether oxygens (including phenoxy) is 1. The maximum Gasteiger partial charge on any atom is 0.222 e. The number of aromatic nitrogens is 2. The van der Waals surface area contributed by atoms with Crippen LogP contribution in [-0.4, -0.2) is 16.6 Å². The second kappa shape index (κ2) is 5.68. The number of hydrogen-bond acceptors (Lipinski definition) is 5. The summed E-state index contributed by atoms with van der Waals surface area (Å²) in [6, 6.07) is 7.61. The fourth-order valence-corrected chi connectivity index (χ4v) is 1.70. The van der Waals surface area contributed by atoms with Crippen LogP contribution in [0.5, 0.6) is 5.75 Å². The molecule has 94 valence electrons. The molecule has 0 fully saturated rings. The first-order valence-corrected chi connectivity index (χ1v) is 6.26. The van der Waals surface area contributed by atoms with Gasteiger partial charge in [-0.1, -0.05) is 0 Å². The van der Waals surface area contributed by atoms with E-state index >= 15 is 0 Å². The lowest BCUT2D eigenvalue weighted by Crippen LogP contribution is -2.00. The number of nitrogens with zero attached hydrogens (tertiary/aromatic N) is 2. The third kappa shape index (κ3) is 3.10. The molecule has 0 amide bonds. The molecule has 0 unspecified atom stereocenters. The number of nitrogen functional groups attached to an aromatic ring is 1.